The van der Waals surface area contributed by atoms with Gasteiger partial charge in [-0.3, -0.25) is 9.59 Å². The first-order chi connectivity index (χ1) is 12.5. The second-order valence-electron chi connectivity index (χ2n) is 6.30. The van der Waals surface area contributed by atoms with Crippen LogP contribution in [0.2, 0.25) is 0 Å². The molecule has 6 heteroatoms. The average molecular weight is 356 g/mol. The van der Waals surface area contributed by atoms with Crippen molar-refractivity contribution in [2.24, 2.45) is 0 Å². The first kappa shape index (κ1) is 17.9. The van der Waals surface area contributed by atoms with Crippen LogP contribution in [0.4, 0.5) is 10.1 Å². The predicted molar refractivity (Wildman–Crippen MR) is 96.4 cm³/mol. The first-order valence-corrected chi connectivity index (χ1v) is 8.60. The highest BCUT2D eigenvalue weighted by Crippen LogP contribution is 2.33. The molecule has 0 bridgehead atoms. The van der Waals surface area contributed by atoms with Crippen LogP contribution in [0, 0.1) is 5.82 Å². The van der Waals surface area contributed by atoms with Crippen LogP contribution in [0.3, 0.4) is 0 Å². The van der Waals surface area contributed by atoms with Gasteiger partial charge in [0.2, 0.25) is 11.8 Å². The highest BCUT2D eigenvalue weighted by atomic mass is 19.1. The second-order valence-corrected chi connectivity index (χ2v) is 6.30. The number of rotatable bonds is 5. The fourth-order valence-corrected chi connectivity index (χ4v) is 2.87. The summed E-state index contributed by atoms with van der Waals surface area (Å²) in [7, 11) is 0. The number of amides is 2. The van der Waals surface area contributed by atoms with Crippen LogP contribution in [-0.2, 0) is 16.1 Å². The van der Waals surface area contributed by atoms with Crippen LogP contribution in [0.1, 0.15) is 25.3 Å². The molecule has 0 radical (unpaired) electrons. The van der Waals surface area contributed by atoms with Gasteiger partial charge in [0.1, 0.15) is 17.7 Å². The number of hydrogen-bond donors (Lipinski definition) is 1. The molecule has 1 aliphatic rings. The Balaban J connectivity index is 1.52. The summed E-state index contributed by atoms with van der Waals surface area (Å²) in [4.78, 5) is 26.2. The van der Waals surface area contributed by atoms with E-state index < -0.39 is 0 Å². The van der Waals surface area contributed by atoms with Crippen molar-refractivity contribution >= 4 is 17.5 Å². The number of anilines is 1. The van der Waals surface area contributed by atoms with E-state index in [1.54, 1.807) is 17.0 Å². The largest absolute Gasteiger partial charge is 0.487 e. The molecule has 0 saturated carbocycles. The van der Waals surface area contributed by atoms with Crippen LogP contribution >= 0.6 is 0 Å². The van der Waals surface area contributed by atoms with Gasteiger partial charge in [0.15, 0.2) is 0 Å². The standard InChI is InChI=1S/C20H21FN2O3/c1-14-13-23(17-4-2-3-5-18(17)26-14)20(25)11-10-19(24)22-12-15-6-8-16(21)9-7-15/h2-9,14H,10-13H2,1H3,(H,22,24)/t14-/m0/s1. The predicted octanol–water partition coefficient (Wildman–Crippen LogP) is 3.04. The molecule has 26 heavy (non-hydrogen) atoms. The van der Waals surface area contributed by atoms with Crippen molar-refractivity contribution in [3.8, 4) is 5.75 Å². The van der Waals surface area contributed by atoms with E-state index in [4.69, 9.17) is 4.74 Å². The Hall–Kier alpha value is -2.89. The lowest BCUT2D eigenvalue weighted by molar-refractivity contribution is -0.125. The highest BCUT2D eigenvalue weighted by molar-refractivity contribution is 5.97. The lowest BCUT2D eigenvalue weighted by Gasteiger charge is -2.33. The number of para-hydroxylation sites is 2. The number of carbonyl (C=O) groups is 2. The third-order valence-corrected chi connectivity index (χ3v) is 4.19. The maximum absolute atomic E-state index is 12.9. The van der Waals surface area contributed by atoms with Crippen LogP contribution in [0.25, 0.3) is 0 Å². The second kappa shape index (κ2) is 7.99. The summed E-state index contributed by atoms with van der Waals surface area (Å²) in [5, 5.41) is 2.75. The van der Waals surface area contributed by atoms with Crippen molar-refractivity contribution < 1.29 is 18.7 Å². The monoisotopic (exact) mass is 356 g/mol. The number of ether oxygens (including phenoxy) is 1. The van der Waals surface area contributed by atoms with E-state index in [1.807, 2.05) is 31.2 Å². The van der Waals surface area contributed by atoms with E-state index in [1.165, 1.54) is 12.1 Å². The molecular weight excluding hydrogens is 335 g/mol. The third kappa shape index (κ3) is 4.39. The summed E-state index contributed by atoms with van der Waals surface area (Å²) >= 11 is 0. The topological polar surface area (TPSA) is 58.6 Å². The van der Waals surface area contributed by atoms with Crippen molar-refractivity contribution in [1.29, 1.82) is 0 Å². The summed E-state index contributed by atoms with van der Waals surface area (Å²) in [5.41, 5.74) is 1.55. The zero-order valence-electron chi connectivity index (χ0n) is 14.6. The van der Waals surface area contributed by atoms with Crippen LogP contribution in [0.5, 0.6) is 5.75 Å². The molecule has 0 saturated heterocycles. The number of carbonyl (C=O) groups excluding carboxylic acids is 2. The van der Waals surface area contributed by atoms with E-state index in [0.717, 1.165) is 11.3 Å². The van der Waals surface area contributed by atoms with Gasteiger partial charge in [-0.25, -0.2) is 4.39 Å². The van der Waals surface area contributed by atoms with E-state index >= 15 is 0 Å². The van der Waals surface area contributed by atoms with Gasteiger partial charge in [0, 0.05) is 19.4 Å². The zero-order valence-corrected chi connectivity index (χ0v) is 14.6. The number of nitrogens with zero attached hydrogens (tertiary/aromatic N) is 1. The summed E-state index contributed by atoms with van der Waals surface area (Å²) in [6.45, 7) is 2.68. The molecule has 2 aromatic rings. The molecule has 1 N–H and O–H groups in total. The van der Waals surface area contributed by atoms with Gasteiger partial charge < -0.3 is 15.0 Å². The normalized spacial score (nSPS) is 15.8. The molecule has 5 nitrogen and oxygen atoms in total. The van der Waals surface area contributed by atoms with Gasteiger partial charge in [0.05, 0.1) is 12.2 Å². The third-order valence-electron chi connectivity index (χ3n) is 4.19. The minimum Gasteiger partial charge on any atom is -0.487 e. The van der Waals surface area contributed by atoms with E-state index in [9.17, 15) is 14.0 Å². The Kier molecular flexibility index (Phi) is 5.51. The van der Waals surface area contributed by atoms with Gasteiger partial charge >= 0.3 is 0 Å². The molecule has 1 heterocycles. The fourth-order valence-electron chi connectivity index (χ4n) is 2.87. The molecule has 0 fully saturated rings. The lowest BCUT2D eigenvalue weighted by atomic mass is 10.1. The minimum absolute atomic E-state index is 0.0962. The summed E-state index contributed by atoms with van der Waals surface area (Å²) in [6, 6.07) is 13.3. The quantitative estimate of drug-likeness (QED) is 0.896. The van der Waals surface area contributed by atoms with Crippen molar-refractivity contribution in [1.82, 2.24) is 5.32 Å². The summed E-state index contributed by atoms with van der Waals surface area (Å²) in [5.74, 6) is 0.0489. The molecule has 1 aliphatic heterocycles. The van der Waals surface area contributed by atoms with Crippen molar-refractivity contribution in [3.63, 3.8) is 0 Å². The molecule has 0 aliphatic carbocycles. The molecule has 1 atom stereocenters. The van der Waals surface area contributed by atoms with Gasteiger partial charge in [-0.2, -0.15) is 0 Å². The molecule has 0 spiro atoms. The molecular formula is C20H21FN2O3. The first-order valence-electron chi connectivity index (χ1n) is 8.60. The van der Waals surface area contributed by atoms with Crippen molar-refractivity contribution in [3.05, 3.63) is 59.9 Å². The van der Waals surface area contributed by atoms with Crippen LogP contribution in [0.15, 0.2) is 48.5 Å². The Bertz CT molecular complexity index is 792. The Morgan fingerprint density at radius 1 is 1.15 bits per heavy atom. The summed E-state index contributed by atoms with van der Waals surface area (Å²) in [6.07, 6.45) is 0.130. The van der Waals surface area contributed by atoms with Gasteiger partial charge in [-0.15, -0.1) is 0 Å². The maximum atomic E-state index is 12.9. The molecule has 136 valence electrons. The molecule has 2 aromatic carbocycles. The van der Waals surface area contributed by atoms with Crippen molar-refractivity contribution in [2.75, 3.05) is 11.4 Å². The smallest absolute Gasteiger partial charge is 0.227 e. The van der Waals surface area contributed by atoms with E-state index in [-0.39, 0.29) is 36.6 Å². The fraction of sp³-hybridized carbons (Fsp3) is 0.300. The SMILES string of the molecule is C[C@H]1CN(C(=O)CCC(=O)NCc2ccc(F)cc2)c2ccccc2O1. The minimum atomic E-state index is -0.314. The van der Waals surface area contributed by atoms with Crippen LogP contribution in [-0.4, -0.2) is 24.5 Å². The number of halogens is 1. The number of fused-ring (bicyclic) bond motifs is 1. The summed E-state index contributed by atoms with van der Waals surface area (Å²) < 4.78 is 18.6. The van der Waals surface area contributed by atoms with E-state index in [2.05, 4.69) is 5.32 Å². The van der Waals surface area contributed by atoms with Gasteiger partial charge in [-0.05, 0) is 36.8 Å². The highest BCUT2D eigenvalue weighted by Gasteiger charge is 2.27. The Morgan fingerprint density at radius 2 is 1.88 bits per heavy atom. The lowest BCUT2D eigenvalue weighted by Crippen LogP contribution is -2.42. The molecule has 3 rings (SSSR count). The van der Waals surface area contributed by atoms with Crippen LogP contribution < -0.4 is 15.0 Å². The number of hydrogen-bond acceptors (Lipinski definition) is 3. The Labute approximate surface area is 151 Å². The van der Waals surface area contributed by atoms with E-state index in [0.29, 0.717) is 18.8 Å². The number of benzene rings is 2. The van der Waals surface area contributed by atoms with Gasteiger partial charge in [-0.1, -0.05) is 24.3 Å². The molecule has 2 amide bonds. The molecule has 0 unspecified atom stereocenters. The van der Waals surface area contributed by atoms with Gasteiger partial charge in [0.25, 0.3) is 0 Å². The average Bonchev–Trinajstić information content (AvgIpc) is 2.65. The number of nitrogens with one attached hydrogen (secondary N) is 1. The molecule has 0 aromatic heterocycles. The Morgan fingerprint density at radius 3 is 2.65 bits per heavy atom. The van der Waals surface area contributed by atoms with Crippen molar-refractivity contribution in [2.45, 2.75) is 32.4 Å². The maximum Gasteiger partial charge on any atom is 0.227 e. The zero-order chi connectivity index (χ0) is 18.5.